The number of pyridine rings is 1. The molecule has 1 rings (SSSR count). The summed E-state index contributed by atoms with van der Waals surface area (Å²) >= 11 is 0. The molecule has 5 nitrogen and oxygen atoms in total. The average Bonchev–Trinajstić information content (AvgIpc) is 2.27. The number of nitrogens with two attached hydrogens (primary N) is 1. The molecule has 0 aliphatic heterocycles. The van der Waals surface area contributed by atoms with E-state index in [1.807, 2.05) is 0 Å². The van der Waals surface area contributed by atoms with Crippen LogP contribution in [0.3, 0.4) is 0 Å². The Kier molecular flexibility index (Phi) is 3.41. The lowest BCUT2D eigenvalue weighted by Crippen LogP contribution is -2.22. The van der Waals surface area contributed by atoms with Gasteiger partial charge in [-0.25, -0.2) is 0 Å². The van der Waals surface area contributed by atoms with Crippen LogP contribution in [-0.4, -0.2) is 25.2 Å². The Balaban J connectivity index is 2.89. The quantitative estimate of drug-likeness (QED) is 0.702. The second kappa shape index (κ2) is 4.57. The van der Waals surface area contributed by atoms with Gasteiger partial charge in [0.2, 0.25) is 0 Å². The molecule has 76 valence electrons. The molecule has 1 heterocycles. The lowest BCUT2D eigenvalue weighted by atomic mass is 10.1. The van der Waals surface area contributed by atoms with Crippen molar-refractivity contribution in [2.24, 2.45) is 5.73 Å². The molecule has 5 heteroatoms. The summed E-state index contributed by atoms with van der Waals surface area (Å²) in [5, 5.41) is 0. The van der Waals surface area contributed by atoms with E-state index in [1.54, 1.807) is 6.07 Å². The number of hydrogen-bond acceptors (Lipinski definition) is 5. The van der Waals surface area contributed by atoms with Gasteiger partial charge in [0.05, 0.1) is 20.4 Å². The van der Waals surface area contributed by atoms with Gasteiger partial charge in [-0.3, -0.25) is 9.78 Å². The Bertz CT molecular complexity index is 328. The van der Waals surface area contributed by atoms with E-state index >= 15 is 0 Å². The van der Waals surface area contributed by atoms with E-state index in [4.69, 9.17) is 10.5 Å². The van der Waals surface area contributed by atoms with Gasteiger partial charge in [0.1, 0.15) is 11.8 Å². The van der Waals surface area contributed by atoms with Crippen LogP contribution in [0.5, 0.6) is 5.75 Å². The summed E-state index contributed by atoms with van der Waals surface area (Å²) in [6.45, 7) is 0. The third-order valence-corrected chi connectivity index (χ3v) is 1.78. The van der Waals surface area contributed by atoms with Gasteiger partial charge in [-0.05, 0) is 6.07 Å². The predicted molar refractivity (Wildman–Crippen MR) is 49.7 cm³/mol. The Morgan fingerprint density at radius 3 is 2.79 bits per heavy atom. The zero-order chi connectivity index (χ0) is 10.6. The number of nitrogens with zero attached hydrogens (tertiary/aromatic N) is 1. The Labute approximate surface area is 81.8 Å². The zero-order valence-electron chi connectivity index (χ0n) is 8.06. The van der Waals surface area contributed by atoms with Crippen LogP contribution in [0.15, 0.2) is 18.5 Å². The Morgan fingerprint density at radius 1 is 1.50 bits per heavy atom. The van der Waals surface area contributed by atoms with Crippen molar-refractivity contribution in [3.8, 4) is 5.75 Å². The molecule has 0 aliphatic carbocycles. The van der Waals surface area contributed by atoms with E-state index in [1.165, 1.54) is 26.6 Å². The zero-order valence-corrected chi connectivity index (χ0v) is 8.06. The van der Waals surface area contributed by atoms with Crippen molar-refractivity contribution >= 4 is 5.97 Å². The average molecular weight is 196 g/mol. The summed E-state index contributed by atoms with van der Waals surface area (Å²) in [5.41, 5.74) is 6.17. The fourth-order valence-electron chi connectivity index (χ4n) is 0.980. The first kappa shape index (κ1) is 10.5. The molecular weight excluding hydrogens is 184 g/mol. The first-order valence-electron chi connectivity index (χ1n) is 4.01. The second-order valence-corrected chi connectivity index (χ2v) is 2.66. The number of esters is 1. The number of hydrogen-bond donors (Lipinski definition) is 1. The van der Waals surface area contributed by atoms with Gasteiger partial charge in [0.25, 0.3) is 0 Å². The minimum absolute atomic E-state index is 0.500. The van der Waals surface area contributed by atoms with Gasteiger partial charge in [-0.2, -0.15) is 0 Å². The van der Waals surface area contributed by atoms with E-state index in [0.717, 1.165) is 0 Å². The first-order chi connectivity index (χ1) is 6.69. The first-order valence-corrected chi connectivity index (χ1v) is 4.01. The summed E-state index contributed by atoms with van der Waals surface area (Å²) in [5.74, 6) is 0.0573. The molecule has 14 heavy (non-hydrogen) atoms. The van der Waals surface area contributed by atoms with Crippen molar-refractivity contribution in [1.82, 2.24) is 4.98 Å². The minimum Gasteiger partial charge on any atom is -0.495 e. The maximum atomic E-state index is 11.1. The lowest BCUT2D eigenvalue weighted by molar-refractivity contribution is -0.142. The maximum Gasteiger partial charge on any atom is 0.327 e. The van der Waals surface area contributed by atoms with Gasteiger partial charge in [-0.1, -0.05) is 0 Å². The topological polar surface area (TPSA) is 74.4 Å². The fraction of sp³-hybridized carbons (Fsp3) is 0.333. The molecule has 0 radical (unpaired) electrons. The van der Waals surface area contributed by atoms with E-state index in [2.05, 4.69) is 9.72 Å². The summed E-state index contributed by atoms with van der Waals surface area (Å²) in [4.78, 5) is 15.0. The van der Waals surface area contributed by atoms with E-state index < -0.39 is 12.0 Å². The summed E-state index contributed by atoms with van der Waals surface area (Å²) in [6, 6.07) is 0.830. The molecule has 1 unspecified atom stereocenters. The van der Waals surface area contributed by atoms with Crippen LogP contribution in [0.4, 0.5) is 0 Å². The molecule has 0 spiro atoms. The van der Waals surface area contributed by atoms with Gasteiger partial charge in [0.15, 0.2) is 0 Å². The number of rotatable bonds is 3. The number of ether oxygens (including phenoxy) is 2. The number of carbonyl (C=O) groups is 1. The number of methoxy groups -OCH3 is 2. The van der Waals surface area contributed by atoms with E-state index in [9.17, 15) is 4.79 Å². The normalized spacial score (nSPS) is 11.9. The van der Waals surface area contributed by atoms with Crippen molar-refractivity contribution in [3.63, 3.8) is 0 Å². The van der Waals surface area contributed by atoms with Gasteiger partial charge in [-0.15, -0.1) is 0 Å². The molecule has 0 aliphatic rings. The smallest absolute Gasteiger partial charge is 0.327 e. The molecule has 1 atom stereocenters. The van der Waals surface area contributed by atoms with Crippen molar-refractivity contribution in [3.05, 3.63) is 24.0 Å². The minimum atomic E-state index is -0.817. The van der Waals surface area contributed by atoms with Crippen LogP contribution < -0.4 is 10.5 Å². The predicted octanol–water partition coefficient (Wildman–Crippen LogP) is 0.263. The van der Waals surface area contributed by atoms with Crippen molar-refractivity contribution in [2.75, 3.05) is 14.2 Å². The van der Waals surface area contributed by atoms with Crippen molar-refractivity contribution < 1.29 is 14.3 Å². The van der Waals surface area contributed by atoms with Crippen molar-refractivity contribution in [2.45, 2.75) is 6.04 Å². The highest BCUT2D eigenvalue weighted by molar-refractivity contribution is 5.77. The van der Waals surface area contributed by atoms with Crippen LogP contribution in [0.1, 0.15) is 11.6 Å². The molecule has 2 N–H and O–H groups in total. The highest BCUT2D eigenvalue weighted by Gasteiger charge is 2.16. The third kappa shape index (κ3) is 2.20. The Morgan fingerprint density at radius 2 is 2.21 bits per heavy atom. The molecule has 0 amide bonds. The molecule has 0 fully saturated rings. The third-order valence-electron chi connectivity index (χ3n) is 1.78. The van der Waals surface area contributed by atoms with E-state index in [0.29, 0.717) is 11.3 Å². The molecule has 1 aromatic rings. The van der Waals surface area contributed by atoms with Gasteiger partial charge in [0, 0.05) is 11.8 Å². The summed E-state index contributed by atoms with van der Waals surface area (Å²) in [7, 11) is 2.81. The molecule has 0 aromatic carbocycles. The maximum absolute atomic E-state index is 11.1. The van der Waals surface area contributed by atoms with E-state index in [-0.39, 0.29) is 0 Å². The largest absolute Gasteiger partial charge is 0.495 e. The van der Waals surface area contributed by atoms with Gasteiger partial charge < -0.3 is 15.2 Å². The Hall–Kier alpha value is -1.62. The van der Waals surface area contributed by atoms with Crippen LogP contribution in [0.25, 0.3) is 0 Å². The molecule has 0 bridgehead atoms. The molecule has 0 saturated carbocycles. The summed E-state index contributed by atoms with van der Waals surface area (Å²) in [6.07, 6.45) is 3.04. The monoisotopic (exact) mass is 196 g/mol. The lowest BCUT2D eigenvalue weighted by Gasteiger charge is -2.09. The van der Waals surface area contributed by atoms with Crippen LogP contribution in [0, 0.1) is 0 Å². The summed E-state index contributed by atoms with van der Waals surface area (Å²) < 4.78 is 9.46. The number of aromatic nitrogens is 1. The van der Waals surface area contributed by atoms with Crippen LogP contribution in [0.2, 0.25) is 0 Å². The molecule has 1 aromatic heterocycles. The molecular formula is C9H12N2O3. The second-order valence-electron chi connectivity index (χ2n) is 2.66. The standard InChI is InChI=1S/C9H12N2O3/c1-13-7-3-6(4-11-5-7)8(10)9(12)14-2/h3-5,8H,10H2,1-2H3. The number of carbonyl (C=O) groups excluding carboxylic acids is 1. The fourth-order valence-corrected chi connectivity index (χ4v) is 0.980. The van der Waals surface area contributed by atoms with Gasteiger partial charge >= 0.3 is 5.97 Å². The van der Waals surface area contributed by atoms with Crippen LogP contribution in [-0.2, 0) is 9.53 Å². The van der Waals surface area contributed by atoms with Crippen molar-refractivity contribution in [1.29, 1.82) is 0 Å². The highest BCUT2D eigenvalue weighted by Crippen LogP contribution is 2.16. The highest BCUT2D eigenvalue weighted by atomic mass is 16.5. The van der Waals surface area contributed by atoms with Crippen LogP contribution >= 0.6 is 0 Å². The molecule has 0 saturated heterocycles. The SMILES string of the molecule is COC(=O)C(N)c1cncc(OC)c1.